The molecule has 0 radical (unpaired) electrons. The lowest BCUT2D eigenvalue weighted by Gasteiger charge is -2.22. The number of ether oxygens (including phenoxy) is 1. The van der Waals surface area contributed by atoms with Gasteiger partial charge in [-0.05, 0) is 44.0 Å². The lowest BCUT2D eigenvalue weighted by atomic mass is 10.0. The van der Waals surface area contributed by atoms with Gasteiger partial charge >= 0.3 is 0 Å². The van der Waals surface area contributed by atoms with E-state index in [1.54, 1.807) is 24.3 Å². The van der Waals surface area contributed by atoms with E-state index < -0.39 is 9.84 Å². The normalized spacial score (nSPS) is 20.6. The molecule has 2 rings (SSSR count). The standard InChI is InChI=1S/C13H19NO3S/c1-17-12-6-2-3-7-13(12)18(15,16)10-11-5-4-8-14-9-11/h2-3,6-7,11,14H,4-5,8-10H2,1H3. The van der Waals surface area contributed by atoms with Crippen LogP contribution in [-0.2, 0) is 9.84 Å². The average molecular weight is 269 g/mol. The number of hydrogen-bond acceptors (Lipinski definition) is 4. The largest absolute Gasteiger partial charge is 0.495 e. The summed E-state index contributed by atoms with van der Waals surface area (Å²) >= 11 is 0. The number of para-hydroxylation sites is 1. The Bertz CT molecular complexity index is 493. The van der Waals surface area contributed by atoms with Gasteiger partial charge in [-0.2, -0.15) is 0 Å². The van der Waals surface area contributed by atoms with Crippen molar-refractivity contribution in [3.8, 4) is 5.75 Å². The van der Waals surface area contributed by atoms with Gasteiger partial charge in [0.25, 0.3) is 0 Å². The van der Waals surface area contributed by atoms with Crippen LogP contribution in [0.15, 0.2) is 29.2 Å². The Kier molecular flexibility index (Phi) is 4.24. The van der Waals surface area contributed by atoms with Crippen LogP contribution < -0.4 is 10.1 Å². The van der Waals surface area contributed by atoms with Crippen molar-refractivity contribution in [1.82, 2.24) is 5.32 Å². The fourth-order valence-electron chi connectivity index (χ4n) is 2.34. The minimum atomic E-state index is -3.27. The Hall–Kier alpha value is -1.07. The smallest absolute Gasteiger partial charge is 0.182 e. The molecule has 1 aliphatic heterocycles. The highest BCUT2D eigenvalue weighted by atomic mass is 32.2. The molecule has 1 aromatic rings. The third kappa shape index (κ3) is 3.03. The van der Waals surface area contributed by atoms with Gasteiger partial charge in [-0.3, -0.25) is 0 Å². The molecule has 0 amide bonds. The molecule has 1 saturated heterocycles. The number of piperidine rings is 1. The molecule has 1 N–H and O–H groups in total. The second kappa shape index (κ2) is 5.71. The van der Waals surface area contributed by atoms with Crippen molar-refractivity contribution in [1.29, 1.82) is 0 Å². The second-order valence-corrected chi connectivity index (χ2v) is 6.65. The Morgan fingerprint density at radius 3 is 2.83 bits per heavy atom. The lowest BCUT2D eigenvalue weighted by molar-refractivity contribution is 0.396. The molecule has 0 saturated carbocycles. The fraction of sp³-hybridized carbons (Fsp3) is 0.538. The van der Waals surface area contributed by atoms with E-state index in [-0.39, 0.29) is 11.7 Å². The summed E-state index contributed by atoms with van der Waals surface area (Å²) in [7, 11) is -1.77. The van der Waals surface area contributed by atoms with Crippen molar-refractivity contribution in [2.45, 2.75) is 17.7 Å². The summed E-state index contributed by atoms with van der Waals surface area (Å²) in [5.74, 6) is 0.829. The molecule has 100 valence electrons. The molecule has 1 heterocycles. The van der Waals surface area contributed by atoms with E-state index in [2.05, 4.69) is 5.32 Å². The minimum Gasteiger partial charge on any atom is -0.495 e. The molecular formula is C13H19NO3S. The monoisotopic (exact) mass is 269 g/mol. The van der Waals surface area contributed by atoms with Crippen molar-refractivity contribution >= 4 is 9.84 Å². The molecule has 1 fully saturated rings. The highest BCUT2D eigenvalue weighted by molar-refractivity contribution is 7.91. The van der Waals surface area contributed by atoms with Crippen LogP contribution in [0, 0.1) is 5.92 Å². The highest BCUT2D eigenvalue weighted by Gasteiger charge is 2.25. The SMILES string of the molecule is COc1ccccc1S(=O)(=O)CC1CCCNC1. The van der Waals surface area contributed by atoms with Crippen LogP contribution >= 0.6 is 0 Å². The van der Waals surface area contributed by atoms with E-state index >= 15 is 0 Å². The Labute approximate surface area is 108 Å². The molecule has 0 bridgehead atoms. The summed E-state index contributed by atoms with van der Waals surface area (Å²) in [5, 5.41) is 3.24. The van der Waals surface area contributed by atoms with Gasteiger partial charge in [0.15, 0.2) is 9.84 Å². The maximum atomic E-state index is 12.4. The number of sulfone groups is 1. The zero-order valence-electron chi connectivity index (χ0n) is 10.6. The van der Waals surface area contributed by atoms with Gasteiger partial charge < -0.3 is 10.1 Å². The van der Waals surface area contributed by atoms with E-state index in [0.29, 0.717) is 10.6 Å². The summed E-state index contributed by atoms with van der Waals surface area (Å²) in [5.41, 5.74) is 0. The van der Waals surface area contributed by atoms with Gasteiger partial charge in [0.2, 0.25) is 0 Å². The summed E-state index contributed by atoms with van der Waals surface area (Å²) in [6.07, 6.45) is 2.02. The average Bonchev–Trinajstić information content (AvgIpc) is 2.39. The van der Waals surface area contributed by atoms with E-state index in [0.717, 1.165) is 25.9 Å². The van der Waals surface area contributed by atoms with Gasteiger partial charge in [0.05, 0.1) is 12.9 Å². The van der Waals surface area contributed by atoms with Crippen molar-refractivity contribution < 1.29 is 13.2 Å². The first-order valence-corrected chi connectivity index (χ1v) is 7.85. The maximum Gasteiger partial charge on any atom is 0.182 e. The van der Waals surface area contributed by atoms with Gasteiger partial charge in [0.1, 0.15) is 10.6 Å². The molecular weight excluding hydrogens is 250 g/mol. The van der Waals surface area contributed by atoms with Crippen LogP contribution in [0.1, 0.15) is 12.8 Å². The summed E-state index contributed by atoms with van der Waals surface area (Å²) in [4.78, 5) is 0.304. The molecule has 0 aliphatic carbocycles. The van der Waals surface area contributed by atoms with Crippen molar-refractivity contribution in [3.63, 3.8) is 0 Å². The van der Waals surface area contributed by atoms with Crippen molar-refractivity contribution in [2.24, 2.45) is 5.92 Å². The van der Waals surface area contributed by atoms with Crippen LogP contribution in [0.4, 0.5) is 0 Å². The molecule has 1 atom stereocenters. The second-order valence-electron chi connectivity index (χ2n) is 4.64. The third-order valence-corrected chi connectivity index (χ3v) is 5.18. The Balaban J connectivity index is 2.19. The number of hydrogen-bond donors (Lipinski definition) is 1. The number of benzene rings is 1. The summed E-state index contributed by atoms with van der Waals surface area (Å²) in [6, 6.07) is 6.81. The first kappa shape index (κ1) is 13.4. The lowest BCUT2D eigenvalue weighted by Crippen LogP contribution is -2.33. The van der Waals surface area contributed by atoms with Crippen molar-refractivity contribution in [3.05, 3.63) is 24.3 Å². The van der Waals surface area contributed by atoms with Crippen LogP contribution in [-0.4, -0.2) is 34.4 Å². The molecule has 0 spiro atoms. The van der Waals surface area contributed by atoms with E-state index in [1.807, 2.05) is 0 Å². The van der Waals surface area contributed by atoms with Crippen LogP contribution in [0.3, 0.4) is 0 Å². The van der Waals surface area contributed by atoms with Gasteiger partial charge in [-0.1, -0.05) is 12.1 Å². The zero-order chi connectivity index (χ0) is 13.0. The molecule has 5 heteroatoms. The van der Waals surface area contributed by atoms with Crippen LogP contribution in [0.5, 0.6) is 5.75 Å². The van der Waals surface area contributed by atoms with Gasteiger partial charge in [-0.25, -0.2) is 8.42 Å². The molecule has 18 heavy (non-hydrogen) atoms. The first-order chi connectivity index (χ1) is 8.63. The Morgan fingerprint density at radius 2 is 2.17 bits per heavy atom. The molecule has 1 aliphatic rings. The number of rotatable bonds is 4. The molecule has 1 aromatic carbocycles. The molecule has 0 aromatic heterocycles. The van der Waals surface area contributed by atoms with Crippen molar-refractivity contribution in [2.75, 3.05) is 26.0 Å². The number of nitrogens with one attached hydrogen (secondary N) is 1. The van der Waals surface area contributed by atoms with E-state index in [4.69, 9.17) is 4.74 Å². The minimum absolute atomic E-state index is 0.195. The predicted molar refractivity (Wildman–Crippen MR) is 70.6 cm³/mol. The Morgan fingerprint density at radius 1 is 1.39 bits per heavy atom. The molecule has 1 unspecified atom stereocenters. The zero-order valence-corrected chi connectivity index (χ0v) is 11.4. The number of methoxy groups -OCH3 is 1. The predicted octanol–water partition coefficient (Wildman–Crippen LogP) is 1.47. The molecule has 4 nitrogen and oxygen atoms in total. The van der Waals surface area contributed by atoms with E-state index in [9.17, 15) is 8.42 Å². The third-order valence-electron chi connectivity index (χ3n) is 3.26. The van der Waals surface area contributed by atoms with E-state index in [1.165, 1.54) is 7.11 Å². The topological polar surface area (TPSA) is 55.4 Å². The maximum absolute atomic E-state index is 12.4. The fourth-order valence-corrected chi connectivity index (χ4v) is 4.17. The first-order valence-electron chi connectivity index (χ1n) is 6.20. The highest BCUT2D eigenvalue weighted by Crippen LogP contribution is 2.26. The van der Waals surface area contributed by atoms with Gasteiger partial charge in [0, 0.05) is 0 Å². The van der Waals surface area contributed by atoms with Crippen LogP contribution in [0.2, 0.25) is 0 Å². The quantitative estimate of drug-likeness (QED) is 0.899. The summed E-state index contributed by atoms with van der Waals surface area (Å²) in [6.45, 7) is 1.78. The van der Waals surface area contributed by atoms with Gasteiger partial charge in [-0.15, -0.1) is 0 Å². The summed E-state index contributed by atoms with van der Waals surface area (Å²) < 4.78 is 29.9. The van der Waals surface area contributed by atoms with Crippen LogP contribution in [0.25, 0.3) is 0 Å².